The maximum atomic E-state index is 13.6. The van der Waals surface area contributed by atoms with E-state index >= 15 is 0 Å². The summed E-state index contributed by atoms with van der Waals surface area (Å²) in [6, 6.07) is 35.8. The number of carbonyl (C=O) groups is 3. The van der Waals surface area contributed by atoms with Crippen molar-refractivity contribution in [3.8, 4) is 5.75 Å². The van der Waals surface area contributed by atoms with Crippen molar-refractivity contribution in [1.29, 1.82) is 0 Å². The molecule has 1 heterocycles. The van der Waals surface area contributed by atoms with Crippen LogP contribution in [0.3, 0.4) is 0 Å². The van der Waals surface area contributed by atoms with E-state index in [2.05, 4.69) is 20.9 Å². The van der Waals surface area contributed by atoms with E-state index in [4.69, 9.17) is 16.3 Å². The summed E-state index contributed by atoms with van der Waals surface area (Å²) in [5.41, 5.74) is 2.41. The van der Waals surface area contributed by atoms with Gasteiger partial charge in [-0.2, -0.15) is 0 Å². The van der Waals surface area contributed by atoms with Crippen molar-refractivity contribution < 1.29 is 19.1 Å². The zero-order valence-electron chi connectivity index (χ0n) is 25.4. The number of para-hydroxylation sites is 1. The van der Waals surface area contributed by atoms with Gasteiger partial charge in [0.15, 0.2) is 0 Å². The summed E-state index contributed by atoms with van der Waals surface area (Å²) < 4.78 is 5.73. The fourth-order valence-electron chi connectivity index (χ4n) is 4.48. The Balaban J connectivity index is 1.34. The molecule has 0 fully saturated rings. The number of amides is 3. The molecule has 0 aliphatic carbocycles. The van der Waals surface area contributed by atoms with Crippen molar-refractivity contribution >= 4 is 58.7 Å². The largest absolute Gasteiger partial charge is 0.493 e. The van der Waals surface area contributed by atoms with Gasteiger partial charge in [-0.15, -0.1) is 11.8 Å². The normalized spacial score (nSPS) is 11.7. The first-order chi connectivity index (χ1) is 22.9. The van der Waals surface area contributed by atoms with E-state index in [1.165, 1.54) is 18.0 Å². The zero-order chi connectivity index (χ0) is 33.0. The fourth-order valence-corrected chi connectivity index (χ4v) is 5.61. The lowest BCUT2D eigenvalue weighted by Crippen LogP contribution is -2.30. The summed E-state index contributed by atoms with van der Waals surface area (Å²) in [5.74, 6) is -0.208. The highest BCUT2D eigenvalue weighted by Gasteiger charge is 2.23. The first-order valence-electron chi connectivity index (χ1n) is 14.7. The summed E-state index contributed by atoms with van der Waals surface area (Å²) in [5, 5.41) is 8.38. The number of hydrogen-bond donors (Lipinski definition) is 3. The quantitative estimate of drug-likeness (QED) is 0.0922. The summed E-state index contributed by atoms with van der Waals surface area (Å²) in [7, 11) is 0. The first kappa shape index (κ1) is 33.0. The van der Waals surface area contributed by atoms with Crippen LogP contribution in [0.1, 0.15) is 33.7 Å². The van der Waals surface area contributed by atoms with E-state index in [0.29, 0.717) is 40.0 Å². The van der Waals surface area contributed by atoms with Crippen LogP contribution in [0.25, 0.3) is 6.08 Å². The lowest BCUT2D eigenvalue weighted by molar-refractivity contribution is -0.116. The highest BCUT2D eigenvalue weighted by Crippen LogP contribution is 2.36. The Kier molecular flexibility index (Phi) is 11.4. The Morgan fingerprint density at radius 1 is 0.830 bits per heavy atom. The van der Waals surface area contributed by atoms with E-state index in [9.17, 15) is 14.4 Å². The summed E-state index contributed by atoms with van der Waals surface area (Å²) in [4.78, 5) is 45.0. The molecule has 0 aliphatic heterocycles. The van der Waals surface area contributed by atoms with Gasteiger partial charge in [0, 0.05) is 27.9 Å². The molecular weight excluding hydrogens is 632 g/mol. The minimum Gasteiger partial charge on any atom is -0.493 e. The SMILES string of the molecule is CCOc1ccccc1/C=C(\NC(=O)c1ccccc1)C(=O)Nc1ccc(SC(C(=O)Nc2ccc(Cl)cn2)c2ccccc2)cc1. The second-order valence-corrected chi connectivity index (χ2v) is 11.7. The fraction of sp³-hybridized carbons (Fsp3) is 0.0811. The molecule has 0 saturated heterocycles. The number of rotatable bonds is 12. The highest BCUT2D eigenvalue weighted by atomic mass is 35.5. The van der Waals surface area contributed by atoms with Gasteiger partial charge in [0.05, 0.1) is 11.6 Å². The standard InChI is InChI=1S/C37H31ClN4O4S/c1-2-46-32-16-10-9-15-27(32)23-31(41-35(43)26-13-7-4-8-14-26)36(44)40-29-18-20-30(21-19-29)47-34(25-11-5-3-6-12-25)37(45)42-33-22-17-28(38)24-39-33/h3-24,34H,2H2,1H3,(H,40,44)(H,41,43)(H,39,42,45)/b31-23-. The Morgan fingerprint density at radius 2 is 1.51 bits per heavy atom. The minimum absolute atomic E-state index is 0.0427. The van der Waals surface area contributed by atoms with Crippen LogP contribution in [-0.4, -0.2) is 29.3 Å². The van der Waals surface area contributed by atoms with Gasteiger partial charge in [-0.3, -0.25) is 14.4 Å². The number of halogens is 1. The summed E-state index contributed by atoms with van der Waals surface area (Å²) >= 11 is 7.30. The smallest absolute Gasteiger partial charge is 0.272 e. The molecule has 0 aliphatic rings. The number of thioether (sulfide) groups is 1. The second-order valence-electron chi connectivity index (χ2n) is 10.1. The highest BCUT2D eigenvalue weighted by molar-refractivity contribution is 8.00. The van der Waals surface area contributed by atoms with Crippen LogP contribution < -0.4 is 20.7 Å². The van der Waals surface area contributed by atoms with Crippen LogP contribution in [-0.2, 0) is 9.59 Å². The van der Waals surface area contributed by atoms with E-state index in [1.807, 2.05) is 67.6 Å². The van der Waals surface area contributed by atoms with E-state index in [0.717, 1.165) is 10.5 Å². The van der Waals surface area contributed by atoms with E-state index in [1.54, 1.807) is 66.7 Å². The van der Waals surface area contributed by atoms with Gasteiger partial charge < -0.3 is 20.7 Å². The number of nitrogens with zero attached hydrogens (tertiary/aromatic N) is 1. The summed E-state index contributed by atoms with van der Waals surface area (Å²) in [6.45, 7) is 2.32. The monoisotopic (exact) mass is 662 g/mol. The Hall–Kier alpha value is -5.38. The van der Waals surface area contributed by atoms with Gasteiger partial charge in [0.1, 0.15) is 22.5 Å². The molecule has 1 unspecified atom stereocenters. The molecule has 3 N–H and O–H groups in total. The molecule has 5 rings (SSSR count). The predicted octanol–water partition coefficient (Wildman–Crippen LogP) is 8.02. The number of hydrogen-bond acceptors (Lipinski definition) is 6. The molecule has 47 heavy (non-hydrogen) atoms. The van der Waals surface area contributed by atoms with Crippen LogP contribution in [0, 0.1) is 0 Å². The van der Waals surface area contributed by atoms with Crippen LogP contribution in [0.5, 0.6) is 5.75 Å². The van der Waals surface area contributed by atoms with Gasteiger partial charge in [-0.1, -0.05) is 78.3 Å². The van der Waals surface area contributed by atoms with Gasteiger partial charge in [0.2, 0.25) is 5.91 Å². The van der Waals surface area contributed by atoms with Crippen LogP contribution in [0.2, 0.25) is 5.02 Å². The molecule has 0 saturated carbocycles. The number of aromatic nitrogens is 1. The van der Waals surface area contributed by atoms with Gasteiger partial charge in [0.25, 0.3) is 11.8 Å². The number of benzene rings is 4. The topological polar surface area (TPSA) is 109 Å². The molecule has 1 atom stereocenters. The molecule has 3 amide bonds. The molecule has 5 aromatic rings. The molecule has 236 valence electrons. The molecule has 4 aromatic carbocycles. The van der Waals surface area contributed by atoms with Gasteiger partial charge >= 0.3 is 0 Å². The van der Waals surface area contributed by atoms with Crippen LogP contribution >= 0.6 is 23.4 Å². The second kappa shape index (κ2) is 16.3. The van der Waals surface area contributed by atoms with Gasteiger partial charge in [-0.25, -0.2) is 4.98 Å². The zero-order valence-corrected chi connectivity index (χ0v) is 26.9. The van der Waals surface area contributed by atoms with Crippen molar-refractivity contribution in [3.63, 3.8) is 0 Å². The molecule has 1 aromatic heterocycles. The molecule has 0 bridgehead atoms. The van der Waals surface area contributed by atoms with E-state index in [-0.39, 0.29) is 11.6 Å². The van der Waals surface area contributed by atoms with Crippen molar-refractivity contribution in [2.45, 2.75) is 17.1 Å². The lowest BCUT2D eigenvalue weighted by Gasteiger charge is -2.17. The lowest BCUT2D eigenvalue weighted by atomic mass is 10.1. The maximum absolute atomic E-state index is 13.6. The minimum atomic E-state index is -0.581. The number of ether oxygens (including phenoxy) is 1. The van der Waals surface area contributed by atoms with Crippen molar-refractivity contribution in [3.05, 3.63) is 155 Å². The Labute approximate surface area is 282 Å². The van der Waals surface area contributed by atoms with Crippen molar-refractivity contribution in [2.24, 2.45) is 0 Å². The molecule has 8 nitrogen and oxygen atoms in total. The van der Waals surface area contributed by atoms with Gasteiger partial charge in [-0.05, 0) is 73.2 Å². The third kappa shape index (κ3) is 9.32. The Bertz CT molecular complexity index is 1850. The predicted molar refractivity (Wildman–Crippen MR) is 187 cm³/mol. The number of anilines is 2. The maximum Gasteiger partial charge on any atom is 0.272 e. The average Bonchev–Trinajstić information content (AvgIpc) is 3.10. The number of nitrogens with one attached hydrogen (secondary N) is 3. The van der Waals surface area contributed by atoms with E-state index < -0.39 is 17.1 Å². The van der Waals surface area contributed by atoms with Crippen LogP contribution in [0.15, 0.2) is 138 Å². The summed E-state index contributed by atoms with van der Waals surface area (Å²) in [6.07, 6.45) is 3.06. The Morgan fingerprint density at radius 3 is 2.19 bits per heavy atom. The average molecular weight is 663 g/mol. The molecule has 0 spiro atoms. The number of carbonyl (C=O) groups excluding carboxylic acids is 3. The van der Waals surface area contributed by atoms with Crippen LogP contribution in [0.4, 0.5) is 11.5 Å². The molecule has 10 heteroatoms. The molecule has 0 radical (unpaired) electrons. The third-order valence-corrected chi connectivity index (χ3v) is 8.22. The number of pyridine rings is 1. The van der Waals surface area contributed by atoms with Crippen molar-refractivity contribution in [2.75, 3.05) is 17.2 Å². The first-order valence-corrected chi connectivity index (χ1v) is 16.0. The van der Waals surface area contributed by atoms with Crippen molar-refractivity contribution in [1.82, 2.24) is 10.3 Å². The molecular formula is C37H31ClN4O4S. The third-order valence-electron chi connectivity index (χ3n) is 6.73.